The summed E-state index contributed by atoms with van der Waals surface area (Å²) in [6.07, 6.45) is 5.02. The van der Waals surface area contributed by atoms with Crippen molar-refractivity contribution in [1.82, 2.24) is 9.97 Å². The van der Waals surface area contributed by atoms with Crippen molar-refractivity contribution in [3.8, 4) is 0 Å². The zero-order valence-corrected chi connectivity index (χ0v) is 16.2. The van der Waals surface area contributed by atoms with Crippen LogP contribution in [0.25, 0.3) is 0 Å². The van der Waals surface area contributed by atoms with E-state index in [0.717, 1.165) is 35.7 Å². The van der Waals surface area contributed by atoms with Crippen LogP contribution in [-0.2, 0) is 6.42 Å². The van der Waals surface area contributed by atoms with E-state index in [1.54, 1.807) is 6.07 Å². The molecule has 0 saturated heterocycles. The number of aromatic nitrogens is 2. The first kappa shape index (κ1) is 20.9. The minimum Gasteiger partial charge on any atom is -0.370 e. The van der Waals surface area contributed by atoms with Gasteiger partial charge in [-0.3, -0.25) is 0 Å². The van der Waals surface area contributed by atoms with Gasteiger partial charge in [-0.25, -0.2) is 14.4 Å². The van der Waals surface area contributed by atoms with Crippen LogP contribution in [0.4, 0.5) is 10.2 Å². The molecule has 0 bridgehead atoms. The number of nitrogens with two attached hydrogens (primary N) is 1. The molecule has 0 radical (unpaired) electrons. The first-order valence-electron chi connectivity index (χ1n) is 8.81. The molecule has 4 rings (SSSR count). The Bertz CT molecular complexity index is 733. The highest BCUT2D eigenvalue weighted by molar-refractivity contribution is 5.85. The summed E-state index contributed by atoms with van der Waals surface area (Å²) in [7, 11) is 0. The third-order valence-electron chi connectivity index (χ3n) is 4.96. The van der Waals surface area contributed by atoms with Crippen LogP contribution in [0.3, 0.4) is 0 Å². The molecule has 7 heteroatoms. The van der Waals surface area contributed by atoms with Crippen LogP contribution in [0.5, 0.6) is 0 Å². The SMILES string of the molecule is Cl.Cl.NC1CC(c2cc(NCCc3ccccc3F)nc(C3CC3)n2)C1. The minimum atomic E-state index is -0.148. The Balaban J connectivity index is 0.00000121. The molecule has 142 valence electrons. The van der Waals surface area contributed by atoms with E-state index in [9.17, 15) is 4.39 Å². The van der Waals surface area contributed by atoms with Gasteiger partial charge in [-0.1, -0.05) is 18.2 Å². The Morgan fingerprint density at radius 1 is 1.08 bits per heavy atom. The highest BCUT2D eigenvalue weighted by atomic mass is 35.5. The molecule has 0 spiro atoms. The van der Waals surface area contributed by atoms with Crippen LogP contribution in [0.2, 0.25) is 0 Å². The van der Waals surface area contributed by atoms with E-state index in [-0.39, 0.29) is 30.6 Å². The van der Waals surface area contributed by atoms with Crippen molar-refractivity contribution >= 4 is 30.6 Å². The van der Waals surface area contributed by atoms with Crippen molar-refractivity contribution in [3.05, 3.63) is 53.2 Å². The molecular formula is C19H25Cl2FN4. The molecule has 2 fully saturated rings. The van der Waals surface area contributed by atoms with Gasteiger partial charge in [0.1, 0.15) is 17.5 Å². The smallest absolute Gasteiger partial charge is 0.134 e. The number of nitrogens with one attached hydrogen (secondary N) is 1. The lowest BCUT2D eigenvalue weighted by Gasteiger charge is -2.32. The van der Waals surface area contributed by atoms with Crippen molar-refractivity contribution in [2.24, 2.45) is 5.73 Å². The summed E-state index contributed by atoms with van der Waals surface area (Å²) in [4.78, 5) is 9.43. The molecule has 3 N–H and O–H groups in total. The zero-order chi connectivity index (χ0) is 16.5. The molecule has 0 aliphatic heterocycles. The Morgan fingerprint density at radius 3 is 2.46 bits per heavy atom. The number of hydrogen-bond acceptors (Lipinski definition) is 4. The number of halogens is 3. The fourth-order valence-electron chi connectivity index (χ4n) is 3.24. The molecule has 2 aliphatic rings. The van der Waals surface area contributed by atoms with Gasteiger partial charge in [-0.15, -0.1) is 24.8 Å². The maximum Gasteiger partial charge on any atom is 0.134 e. The van der Waals surface area contributed by atoms with Crippen molar-refractivity contribution in [2.45, 2.75) is 50.0 Å². The van der Waals surface area contributed by atoms with Crippen molar-refractivity contribution < 1.29 is 4.39 Å². The lowest BCUT2D eigenvalue weighted by molar-refractivity contribution is 0.344. The fraction of sp³-hybridized carbons (Fsp3) is 0.474. The maximum absolute atomic E-state index is 13.7. The Kier molecular flexibility index (Phi) is 7.21. The lowest BCUT2D eigenvalue weighted by atomic mass is 9.78. The summed E-state index contributed by atoms with van der Waals surface area (Å²) in [6.45, 7) is 0.658. The van der Waals surface area contributed by atoms with Crippen LogP contribution in [0.15, 0.2) is 30.3 Å². The molecule has 1 aromatic heterocycles. The van der Waals surface area contributed by atoms with Crippen LogP contribution in [0.1, 0.15) is 54.6 Å². The quantitative estimate of drug-likeness (QED) is 0.765. The van der Waals surface area contributed by atoms with Gasteiger partial charge in [0, 0.05) is 36.2 Å². The number of anilines is 1. The predicted molar refractivity (Wildman–Crippen MR) is 107 cm³/mol. The van der Waals surface area contributed by atoms with Crippen molar-refractivity contribution in [2.75, 3.05) is 11.9 Å². The van der Waals surface area contributed by atoms with Crippen LogP contribution in [-0.4, -0.2) is 22.6 Å². The largest absolute Gasteiger partial charge is 0.370 e. The van der Waals surface area contributed by atoms with Gasteiger partial charge in [-0.2, -0.15) is 0 Å². The van der Waals surface area contributed by atoms with Gasteiger partial charge >= 0.3 is 0 Å². The van der Waals surface area contributed by atoms with Gasteiger partial charge in [0.2, 0.25) is 0 Å². The fourth-order valence-corrected chi connectivity index (χ4v) is 3.24. The Morgan fingerprint density at radius 2 is 1.81 bits per heavy atom. The van der Waals surface area contributed by atoms with E-state index in [0.29, 0.717) is 30.8 Å². The summed E-state index contributed by atoms with van der Waals surface area (Å²) >= 11 is 0. The zero-order valence-electron chi connectivity index (χ0n) is 14.5. The predicted octanol–water partition coefficient (Wildman–Crippen LogP) is 4.20. The average molecular weight is 399 g/mol. The second-order valence-electron chi connectivity index (χ2n) is 7.01. The van der Waals surface area contributed by atoms with E-state index in [4.69, 9.17) is 10.7 Å². The van der Waals surface area contributed by atoms with E-state index >= 15 is 0 Å². The molecule has 0 amide bonds. The van der Waals surface area contributed by atoms with Crippen molar-refractivity contribution in [3.63, 3.8) is 0 Å². The first-order valence-corrected chi connectivity index (χ1v) is 8.81. The highest BCUT2D eigenvalue weighted by Crippen LogP contribution is 2.41. The molecule has 26 heavy (non-hydrogen) atoms. The van der Waals surface area contributed by atoms with Crippen LogP contribution in [0, 0.1) is 5.82 Å². The third-order valence-corrected chi connectivity index (χ3v) is 4.96. The molecule has 4 nitrogen and oxygen atoms in total. The van der Waals surface area contributed by atoms with Gasteiger partial charge in [-0.05, 0) is 43.7 Å². The summed E-state index contributed by atoms with van der Waals surface area (Å²) < 4.78 is 13.7. The summed E-state index contributed by atoms with van der Waals surface area (Å²) in [5.41, 5.74) is 7.76. The van der Waals surface area contributed by atoms with Gasteiger partial charge in [0.15, 0.2) is 0 Å². The van der Waals surface area contributed by atoms with E-state index in [2.05, 4.69) is 10.3 Å². The Hall–Kier alpha value is -1.43. The molecular weight excluding hydrogens is 374 g/mol. The molecule has 2 aliphatic carbocycles. The third kappa shape index (κ3) is 4.84. The van der Waals surface area contributed by atoms with Crippen LogP contribution < -0.4 is 11.1 Å². The maximum atomic E-state index is 13.7. The molecule has 2 aromatic rings. The number of nitrogens with zero attached hydrogens (tertiary/aromatic N) is 2. The number of rotatable bonds is 6. The highest BCUT2D eigenvalue weighted by Gasteiger charge is 2.32. The topological polar surface area (TPSA) is 63.8 Å². The first-order chi connectivity index (χ1) is 11.7. The Labute approximate surface area is 166 Å². The molecule has 0 unspecified atom stereocenters. The summed E-state index contributed by atoms with van der Waals surface area (Å²) in [5.74, 6) is 2.66. The van der Waals surface area contributed by atoms with Gasteiger partial charge < -0.3 is 11.1 Å². The second kappa shape index (κ2) is 8.98. The van der Waals surface area contributed by atoms with Crippen molar-refractivity contribution in [1.29, 1.82) is 0 Å². The van der Waals surface area contributed by atoms with E-state index < -0.39 is 0 Å². The second-order valence-corrected chi connectivity index (χ2v) is 7.01. The monoisotopic (exact) mass is 398 g/mol. The van der Waals surface area contributed by atoms with Crippen LogP contribution >= 0.6 is 24.8 Å². The average Bonchev–Trinajstić information content (AvgIpc) is 3.38. The summed E-state index contributed by atoms with van der Waals surface area (Å²) in [5, 5.41) is 3.35. The molecule has 1 aromatic carbocycles. The molecule has 2 saturated carbocycles. The normalized spacial score (nSPS) is 21.2. The molecule has 1 heterocycles. The summed E-state index contributed by atoms with van der Waals surface area (Å²) in [6, 6.07) is 9.27. The number of benzene rings is 1. The minimum absolute atomic E-state index is 0. The van der Waals surface area contributed by atoms with E-state index in [1.165, 1.54) is 18.9 Å². The number of hydrogen-bond donors (Lipinski definition) is 2. The van der Waals surface area contributed by atoms with Gasteiger partial charge in [0.05, 0.1) is 0 Å². The van der Waals surface area contributed by atoms with E-state index in [1.807, 2.05) is 18.2 Å². The molecule has 0 atom stereocenters. The standard InChI is InChI=1S/C19H23FN4.2ClH/c20-16-4-2-1-3-12(16)7-8-22-18-11-17(14-9-15(21)10-14)23-19(24-18)13-5-6-13;;/h1-4,11,13-15H,5-10,21H2,(H,22,23,24);2*1H. The lowest BCUT2D eigenvalue weighted by Crippen LogP contribution is -2.35. The van der Waals surface area contributed by atoms with Gasteiger partial charge in [0.25, 0.3) is 0 Å².